The van der Waals surface area contributed by atoms with Crippen LogP contribution >= 0.6 is 31.9 Å². The molecule has 0 saturated heterocycles. The highest BCUT2D eigenvalue weighted by molar-refractivity contribution is 9.13. The highest BCUT2D eigenvalue weighted by atomic mass is 79.9. The van der Waals surface area contributed by atoms with Crippen LogP contribution in [0.15, 0.2) is 73.9 Å². The Bertz CT molecular complexity index is 1650. The molecule has 1 spiro atoms. The molecule has 2 aliphatic carbocycles. The van der Waals surface area contributed by atoms with Crippen molar-refractivity contribution in [2.45, 2.75) is 32.1 Å². The first-order chi connectivity index (χ1) is 20.3. The molecule has 0 radical (unpaired) electrons. The zero-order valence-corrected chi connectivity index (χ0v) is 25.4. The van der Waals surface area contributed by atoms with Gasteiger partial charge in [0.2, 0.25) is 17.5 Å². The van der Waals surface area contributed by atoms with Gasteiger partial charge in [-0.1, -0.05) is 42.5 Å². The second-order valence-electron chi connectivity index (χ2n) is 10.2. The number of aromatic nitrogens is 1. The summed E-state index contributed by atoms with van der Waals surface area (Å²) < 4.78 is 34.4. The predicted octanol–water partition coefficient (Wildman–Crippen LogP) is 4.35. The molecule has 14 heteroatoms. The summed E-state index contributed by atoms with van der Waals surface area (Å²) in [6.45, 7) is 1.65. The number of carbonyl (C=O) groups excluding carboxylic acids is 3. The Hall–Kier alpha value is -3.78. The first kappa shape index (κ1) is 30.7. The summed E-state index contributed by atoms with van der Waals surface area (Å²) in [6.07, 6.45) is 2.03. The van der Waals surface area contributed by atoms with Crippen LogP contribution in [-0.2, 0) is 33.9 Å². The largest absolute Gasteiger partial charge is 0.490 e. The van der Waals surface area contributed by atoms with Gasteiger partial charge in [0.15, 0.2) is 0 Å². The summed E-state index contributed by atoms with van der Waals surface area (Å²) in [4.78, 5) is 53.0. The van der Waals surface area contributed by atoms with E-state index in [1.165, 1.54) is 0 Å². The first-order valence-electron chi connectivity index (χ1n) is 13.0. The number of halogens is 5. The highest BCUT2D eigenvalue weighted by Gasteiger charge is 2.48. The third kappa shape index (κ3) is 5.90. The number of alkyl halides is 3. The van der Waals surface area contributed by atoms with Crippen LogP contribution in [-0.4, -0.2) is 58.1 Å². The number of aliphatic carboxylic acids is 1. The van der Waals surface area contributed by atoms with E-state index in [0.717, 1.165) is 28.0 Å². The Morgan fingerprint density at radius 1 is 1.09 bits per heavy atom. The number of carbonyl (C=O) groups is 4. The van der Waals surface area contributed by atoms with E-state index in [9.17, 15) is 27.6 Å². The number of allylic oxidation sites excluding steroid dienone is 6. The summed E-state index contributed by atoms with van der Waals surface area (Å²) in [5, 5.41) is 13.4. The molecule has 0 bridgehead atoms. The maximum absolute atomic E-state index is 13.9. The molecule has 9 nitrogen and oxygen atoms in total. The topological polar surface area (TPSA) is 130 Å². The third-order valence-electron chi connectivity index (χ3n) is 7.37. The molecule has 224 valence electrons. The quantitative estimate of drug-likeness (QED) is 0.430. The fourth-order valence-electron chi connectivity index (χ4n) is 5.53. The summed E-state index contributed by atoms with van der Waals surface area (Å²) in [5.41, 5.74) is 4.79. The number of amides is 1. The minimum Gasteiger partial charge on any atom is -0.475 e. The maximum atomic E-state index is 13.9. The molecule has 0 saturated carbocycles. The van der Waals surface area contributed by atoms with Crippen LogP contribution in [0.1, 0.15) is 33.6 Å². The summed E-state index contributed by atoms with van der Waals surface area (Å²) >= 11 is 6.85. The van der Waals surface area contributed by atoms with Gasteiger partial charge in [-0.25, -0.2) is 4.79 Å². The van der Waals surface area contributed by atoms with E-state index in [0.29, 0.717) is 52.8 Å². The Labute approximate surface area is 259 Å². The van der Waals surface area contributed by atoms with Gasteiger partial charge in [0, 0.05) is 42.4 Å². The molecule has 3 heterocycles. The molecule has 6 rings (SSSR count). The van der Waals surface area contributed by atoms with Crippen LogP contribution in [0.2, 0.25) is 0 Å². The van der Waals surface area contributed by atoms with Crippen molar-refractivity contribution in [1.82, 2.24) is 15.2 Å². The zero-order valence-electron chi connectivity index (χ0n) is 22.2. The second-order valence-corrected chi connectivity index (χ2v) is 11.9. The number of nitrogens with one attached hydrogen (secondary N) is 2. The number of ketones is 2. The summed E-state index contributed by atoms with van der Waals surface area (Å²) in [6, 6.07) is 9.73. The van der Waals surface area contributed by atoms with Crippen molar-refractivity contribution in [3.05, 3.63) is 91.3 Å². The SMILES string of the molecule is O=C(Cn1cc2c3c1C(=O)C1=C(C3=NCC2)C2(C=C(Br)C(=O)C(Br)=C2)CCN1)NCc1ccccc1.O=C(O)C(F)(F)F. The molecule has 0 unspecified atom stereocenters. The Balaban J connectivity index is 0.000000472. The molecule has 2 aliphatic heterocycles. The van der Waals surface area contributed by atoms with Crippen molar-refractivity contribution in [1.29, 1.82) is 0 Å². The van der Waals surface area contributed by atoms with E-state index in [1.54, 1.807) is 4.57 Å². The lowest BCUT2D eigenvalue weighted by Crippen LogP contribution is -2.45. The number of hydrogen-bond donors (Lipinski definition) is 3. The van der Waals surface area contributed by atoms with E-state index in [2.05, 4.69) is 42.5 Å². The number of Topliss-reactive ketones (excluding diaryl/α,β-unsaturated/α-hetero) is 2. The molecule has 4 aliphatic rings. The average Bonchev–Trinajstić information content (AvgIpc) is 3.32. The van der Waals surface area contributed by atoms with E-state index in [4.69, 9.17) is 14.9 Å². The molecule has 1 amide bonds. The number of hydrogen-bond acceptors (Lipinski definition) is 6. The number of nitrogens with zero attached hydrogens (tertiary/aromatic N) is 2. The van der Waals surface area contributed by atoms with Gasteiger partial charge in [0.1, 0.15) is 12.2 Å². The maximum Gasteiger partial charge on any atom is 0.490 e. The van der Waals surface area contributed by atoms with E-state index in [1.807, 2.05) is 48.7 Å². The third-order valence-corrected chi connectivity index (χ3v) is 8.55. The molecule has 43 heavy (non-hydrogen) atoms. The van der Waals surface area contributed by atoms with Crippen molar-refractivity contribution < 1.29 is 37.5 Å². The van der Waals surface area contributed by atoms with Gasteiger partial charge in [-0.05, 0) is 55.8 Å². The normalized spacial score (nSPS) is 18.3. The molecule has 1 aromatic heterocycles. The van der Waals surface area contributed by atoms with Crippen LogP contribution in [0, 0.1) is 5.41 Å². The molecule has 3 N–H and O–H groups in total. The van der Waals surface area contributed by atoms with E-state index in [-0.39, 0.29) is 24.0 Å². The number of carboxylic acids is 1. The van der Waals surface area contributed by atoms with Gasteiger partial charge in [-0.3, -0.25) is 19.4 Å². The monoisotopic (exact) mass is 722 g/mol. The Morgan fingerprint density at radius 3 is 2.37 bits per heavy atom. The van der Waals surface area contributed by atoms with Gasteiger partial charge in [0.25, 0.3) is 0 Å². The van der Waals surface area contributed by atoms with E-state index < -0.39 is 17.6 Å². The summed E-state index contributed by atoms with van der Waals surface area (Å²) in [7, 11) is 0. The summed E-state index contributed by atoms with van der Waals surface area (Å²) in [5.74, 6) is -3.19. The highest BCUT2D eigenvalue weighted by Crippen LogP contribution is 2.49. The Kier molecular flexibility index (Phi) is 8.36. The fraction of sp³-hybridized carbons (Fsp3) is 0.276. The average molecular weight is 724 g/mol. The van der Waals surface area contributed by atoms with Crippen molar-refractivity contribution in [2.24, 2.45) is 10.4 Å². The zero-order chi connectivity index (χ0) is 31.1. The molecular weight excluding hydrogens is 701 g/mol. The van der Waals surface area contributed by atoms with Crippen LogP contribution in [0.3, 0.4) is 0 Å². The molecule has 0 atom stereocenters. The minimum atomic E-state index is -5.08. The molecule has 1 aromatic carbocycles. The fourth-order valence-corrected chi connectivity index (χ4v) is 7.04. The van der Waals surface area contributed by atoms with Crippen molar-refractivity contribution in [3.63, 3.8) is 0 Å². The number of fused-ring (bicyclic) bond motifs is 2. The molecular formula is C29H23Br2F3N4O5. The van der Waals surface area contributed by atoms with E-state index >= 15 is 0 Å². The van der Waals surface area contributed by atoms with Crippen LogP contribution in [0.25, 0.3) is 0 Å². The van der Waals surface area contributed by atoms with Gasteiger partial charge in [-0.15, -0.1) is 0 Å². The van der Waals surface area contributed by atoms with Crippen LogP contribution in [0.5, 0.6) is 0 Å². The van der Waals surface area contributed by atoms with Gasteiger partial charge >= 0.3 is 12.1 Å². The predicted molar refractivity (Wildman–Crippen MR) is 157 cm³/mol. The lowest BCUT2D eigenvalue weighted by molar-refractivity contribution is -0.192. The van der Waals surface area contributed by atoms with Crippen molar-refractivity contribution in [3.8, 4) is 0 Å². The molecule has 0 fully saturated rings. The minimum absolute atomic E-state index is 0.0490. The van der Waals surface area contributed by atoms with Crippen molar-refractivity contribution in [2.75, 3.05) is 13.1 Å². The number of aliphatic imine (C=N–C) groups is 1. The second kappa shape index (κ2) is 11.7. The van der Waals surface area contributed by atoms with Gasteiger partial charge < -0.3 is 20.3 Å². The lowest BCUT2D eigenvalue weighted by Gasteiger charge is -2.41. The standard InChI is InChI=1S/C27H22Br2N4O3.C2HF3O2/c28-17-10-27(11-18(29)25(17)35)7-9-31-23-21(27)22-20-16(6-8-30-22)13-33(24(20)26(23)36)14-19(34)32-12-15-4-2-1-3-5-15;3-2(4,5)1(6)7/h1-5,10-11,13,31H,6-9,12,14H2,(H,32,34);(H,6,7). The number of rotatable bonds is 4. The molecule has 2 aromatic rings. The number of carboxylic acid groups (broad SMARTS) is 1. The van der Waals surface area contributed by atoms with Gasteiger partial charge in [-0.2, -0.15) is 13.2 Å². The van der Waals surface area contributed by atoms with Gasteiger partial charge in [0.05, 0.1) is 20.4 Å². The first-order valence-corrected chi connectivity index (χ1v) is 14.6. The Morgan fingerprint density at radius 2 is 1.74 bits per heavy atom. The number of benzene rings is 1. The van der Waals surface area contributed by atoms with Crippen LogP contribution < -0.4 is 10.6 Å². The lowest BCUT2D eigenvalue weighted by atomic mass is 9.66. The smallest absolute Gasteiger partial charge is 0.475 e. The van der Waals surface area contributed by atoms with Crippen molar-refractivity contribution >= 4 is 61.0 Å². The van der Waals surface area contributed by atoms with Crippen LogP contribution in [0.4, 0.5) is 13.2 Å².